The molecule has 6 heteroatoms. The monoisotopic (exact) mass is 342 g/mol. The first-order valence-corrected chi connectivity index (χ1v) is 8.46. The van der Waals surface area contributed by atoms with Crippen LogP contribution in [0.5, 0.6) is 0 Å². The first-order chi connectivity index (χ1) is 12.0. The maximum absolute atomic E-state index is 13.6. The summed E-state index contributed by atoms with van der Waals surface area (Å²) in [5.74, 6) is 0.302. The fourth-order valence-electron chi connectivity index (χ4n) is 2.76. The van der Waals surface area contributed by atoms with Gasteiger partial charge in [0.25, 0.3) is 5.91 Å². The molecule has 3 rings (SSSR count). The van der Waals surface area contributed by atoms with Gasteiger partial charge < -0.3 is 15.1 Å². The highest BCUT2D eigenvalue weighted by atomic mass is 19.1. The number of likely N-dealkylation sites (N-methyl/N-ethyl adjacent to an activating group) is 1. The van der Waals surface area contributed by atoms with E-state index in [2.05, 4.69) is 27.1 Å². The smallest absolute Gasteiger partial charge is 0.251 e. The highest BCUT2D eigenvalue weighted by molar-refractivity contribution is 5.94. The molecular weight excluding hydrogens is 319 g/mol. The summed E-state index contributed by atoms with van der Waals surface area (Å²) in [7, 11) is 2.12. The number of nitrogens with one attached hydrogen (secondary N) is 1. The molecule has 5 nitrogen and oxygen atoms in total. The van der Waals surface area contributed by atoms with Crippen molar-refractivity contribution in [3.8, 4) is 0 Å². The molecule has 0 atom stereocenters. The molecule has 2 heterocycles. The summed E-state index contributed by atoms with van der Waals surface area (Å²) in [6.07, 6.45) is 1.78. The largest absolute Gasteiger partial charge is 0.354 e. The van der Waals surface area contributed by atoms with Crippen molar-refractivity contribution >= 4 is 11.7 Å². The first-order valence-electron chi connectivity index (χ1n) is 8.46. The molecule has 2 aromatic rings. The summed E-state index contributed by atoms with van der Waals surface area (Å²) in [5.41, 5.74) is 1.77. The number of aromatic nitrogens is 1. The van der Waals surface area contributed by atoms with E-state index < -0.39 is 0 Å². The van der Waals surface area contributed by atoms with Crippen LogP contribution >= 0.6 is 0 Å². The predicted octanol–water partition coefficient (Wildman–Crippen LogP) is 2.21. The topological polar surface area (TPSA) is 48.5 Å². The minimum absolute atomic E-state index is 0.290. The highest BCUT2D eigenvalue weighted by Crippen LogP contribution is 2.14. The van der Waals surface area contributed by atoms with E-state index in [0.717, 1.165) is 37.6 Å². The number of aryl methyl sites for hydroxylation is 1. The normalized spacial score (nSPS) is 15.2. The number of nitrogens with zero attached hydrogens (tertiary/aromatic N) is 3. The molecule has 0 unspecified atom stereocenters. The van der Waals surface area contributed by atoms with Gasteiger partial charge in [0.2, 0.25) is 0 Å². The zero-order valence-electron chi connectivity index (χ0n) is 14.6. The van der Waals surface area contributed by atoms with Crippen LogP contribution < -0.4 is 10.2 Å². The van der Waals surface area contributed by atoms with E-state index in [9.17, 15) is 9.18 Å². The minimum Gasteiger partial charge on any atom is -0.354 e. The van der Waals surface area contributed by atoms with Crippen molar-refractivity contribution in [3.63, 3.8) is 0 Å². The Hall–Kier alpha value is -2.47. The molecule has 1 aromatic carbocycles. The molecule has 1 amide bonds. The van der Waals surface area contributed by atoms with Gasteiger partial charge >= 0.3 is 0 Å². The number of anilines is 1. The summed E-state index contributed by atoms with van der Waals surface area (Å²) in [5, 5.41) is 2.80. The summed E-state index contributed by atoms with van der Waals surface area (Å²) >= 11 is 0. The van der Waals surface area contributed by atoms with Crippen LogP contribution in [0.15, 0.2) is 36.5 Å². The van der Waals surface area contributed by atoms with Crippen molar-refractivity contribution in [2.24, 2.45) is 0 Å². The van der Waals surface area contributed by atoms with Crippen molar-refractivity contribution in [1.82, 2.24) is 15.2 Å². The van der Waals surface area contributed by atoms with Crippen LogP contribution in [0.1, 0.15) is 21.5 Å². The molecule has 0 radical (unpaired) electrons. The fourth-order valence-corrected chi connectivity index (χ4v) is 2.76. The number of halogens is 1. The van der Waals surface area contributed by atoms with Gasteiger partial charge in [0.15, 0.2) is 0 Å². The van der Waals surface area contributed by atoms with E-state index in [-0.39, 0.29) is 11.7 Å². The third-order valence-corrected chi connectivity index (χ3v) is 4.52. The van der Waals surface area contributed by atoms with Gasteiger partial charge in [0, 0.05) is 44.5 Å². The molecule has 0 bridgehead atoms. The van der Waals surface area contributed by atoms with Gasteiger partial charge in [-0.3, -0.25) is 4.79 Å². The molecule has 25 heavy (non-hydrogen) atoms. The second kappa shape index (κ2) is 7.61. The van der Waals surface area contributed by atoms with Crippen LogP contribution in [-0.4, -0.2) is 49.0 Å². The molecule has 1 saturated heterocycles. The maximum atomic E-state index is 13.6. The number of carbonyl (C=O) groups is 1. The molecular formula is C19H23FN4O. The summed E-state index contributed by atoms with van der Waals surface area (Å²) in [6.45, 7) is 6.05. The molecule has 1 N–H and O–H groups in total. The molecule has 1 aliphatic rings. The van der Waals surface area contributed by atoms with Crippen LogP contribution in [0.3, 0.4) is 0 Å². The van der Waals surface area contributed by atoms with Crippen LogP contribution in [0.25, 0.3) is 0 Å². The van der Waals surface area contributed by atoms with Gasteiger partial charge in [-0.1, -0.05) is 12.1 Å². The Bertz CT molecular complexity index is 740. The number of rotatable bonds is 4. The molecule has 132 valence electrons. The maximum Gasteiger partial charge on any atom is 0.251 e. The number of pyridine rings is 1. The average Bonchev–Trinajstić information content (AvgIpc) is 2.63. The Labute approximate surface area is 147 Å². The lowest BCUT2D eigenvalue weighted by Gasteiger charge is -2.33. The van der Waals surface area contributed by atoms with Gasteiger partial charge in [-0.05, 0) is 43.3 Å². The Morgan fingerprint density at radius 1 is 1.20 bits per heavy atom. The molecule has 1 fully saturated rings. The minimum atomic E-state index is -0.370. The van der Waals surface area contributed by atoms with E-state index in [1.807, 2.05) is 12.1 Å². The van der Waals surface area contributed by atoms with Crippen LogP contribution in [0.2, 0.25) is 0 Å². The van der Waals surface area contributed by atoms with Gasteiger partial charge in [0.1, 0.15) is 11.6 Å². The van der Waals surface area contributed by atoms with Crippen molar-refractivity contribution in [2.45, 2.75) is 13.5 Å². The number of carbonyl (C=O) groups excluding carboxylic acids is 1. The second-order valence-corrected chi connectivity index (χ2v) is 6.46. The first kappa shape index (κ1) is 17.4. The van der Waals surface area contributed by atoms with Crippen molar-refractivity contribution < 1.29 is 9.18 Å². The molecule has 0 saturated carbocycles. The Kier molecular flexibility index (Phi) is 5.28. The average molecular weight is 342 g/mol. The lowest BCUT2D eigenvalue weighted by molar-refractivity contribution is 0.0950. The van der Waals surface area contributed by atoms with Crippen molar-refractivity contribution in [1.29, 1.82) is 0 Å². The molecule has 1 aromatic heterocycles. The molecule has 0 spiro atoms. The number of benzene rings is 1. The van der Waals surface area contributed by atoms with Crippen molar-refractivity contribution in [2.75, 3.05) is 38.1 Å². The molecule has 1 aliphatic heterocycles. The van der Waals surface area contributed by atoms with E-state index in [0.29, 0.717) is 17.7 Å². The highest BCUT2D eigenvalue weighted by Gasteiger charge is 2.15. The van der Waals surface area contributed by atoms with E-state index in [1.54, 1.807) is 25.3 Å². The second-order valence-electron chi connectivity index (χ2n) is 6.46. The van der Waals surface area contributed by atoms with Gasteiger partial charge in [-0.15, -0.1) is 0 Å². The summed E-state index contributed by atoms with van der Waals surface area (Å²) in [4.78, 5) is 21.2. The summed E-state index contributed by atoms with van der Waals surface area (Å²) in [6, 6.07) is 8.45. The zero-order chi connectivity index (χ0) is 17.8. The summed E-state index contributed by atoms with van der Waals surface area (Å²) < 4.78 is 13.6. The van der Waals surface area contributed by atoms with E-state index in [4.69, 9.17) is 0 Å². The van der Waals surface area contributed by atoms with Crippen molar-refractivity contribution in [3.05, 3.63) is 59.0 Å². The van der Waals surface area contributed by atoms with Crippen LogP contribution in [0.4, 0.5) is 10.2 Å². The van der Waals surface area contributed by atoms with Gasteiger partial charge in [-0.25, -0.2) is 9.37 Å². The number of piperazine rings is 1. The van der Waals surface area contributed by atoms with Gasteiger partial charge in [-0.2, -0.15) is 0 Å². The SMILES string of the molecule is Cc1ccc(C(=O)NCc2ccc(N3CCN(C)CC3)nc2)cc1F. The predicted molar refractivity (Wildman–Crippen MR) is 96.3 cm³/mol. The Morgan fingerprint density at radius 3 is 2.60 bits per heavy atom. The number of amides is 1. The lowest BCUT2D eigenvalue weighted by Crippen LogP contribution is -2.44. The Morgan fingerprint density at radius 2 is 1.96 bits per heavy atom. The Balaban J connectivity index is 1.56. The number of hydrogen-bond donors (Lipinski definition) is 1. The quantitative estimate of drug-likeness (QED) is 0.926. The van der Waals surface area contributed by atoms with E-state index in [1.165, 1.54) is 6.07 Å². The fraction of sp³-hybridized carbons (Fsp3) is 0.368. The standard InChI is InChI=1S/C19H23FN4O/c1-14-3-5-16(11-17(14)20)19(25)22-13-15-4-6-18(21-12-15)24-9-7-23(2)8-10-24/h3-6,11-12H,7-10,13H2,1-2H3,(H,22,25). The third-order valence-electron chi connectivity index (χ3n) is 4.52. The van der Waals surface area contributed by atoms with Crippen LogP contribution in [-0.2, 0) is 6.54 Å². The van der Waals surface area contributed by atoms with E-state index >= 15 is 0 Å². The lowest BCUT2D eigenvalue weighted by atomic mass is 10.1. The van der Waals surface area contributed by atoms with Gasteiger partial charge in [0.05, 0.1) is 0 Å². The number of hydrogen-bond acceptors (Lipinski definition) is 4. The van der Waals surface area contributed by atoms with Crippen LogP contribution in [0, 0.1) is 12.7 Å². The zero-order valence-corrected chi connectivity index (χ0v) is 14.6. The molecule has 0 aliphatic carbocycles. The third kappa shape index (κ3) is 4.33.